The van der Waals surface area contributed by atoms with Crippen molar-refractivity contribution in [1.29, 1.82) is 0 Å². The molecule has 3 aromatic rings. The van der Waals surface area contributed by atoms with Gasteiger partial charge in [0.2, 0.25) is 5.91 Å². The van der Waals surface area contributed by atoms with E-state index < -0.39 is 0 Å². The van der Waals surface area contributed by atoms with Crippen molar-refractivity contribution in [2.24, 2.45) is 0 Å². The minimum Gasteiger partial charge on any atom is -0.376 e. The summed E-state index contributed by atoms with van der Waals surface area (Å²) in [6, 6.07) is 11.3. The molecular weight excluding hydrogens is 338 g/mol. The molecule has 0 bridgehead atoms. The van der Waals surface area contributed by atoms with E-state index >= 15 is 0 Å². The zero-order valence-corrected chi connectivity index (χ0v) is 14.7. The molecule has 0 aliphatic rings. The minimum absolute atomic E-state index is 0.146. The molecule has 2 aromatic carbocycles. The van der Waals surface area contributed by atoms with Crippen LogP contribution in [0.3, 0.4) is 0 Å². The van der Waals surface area contributed by atoms with E-state index in [0.29, 0.717) is 16.4 Å². The number of halogens is 1. The molecule has 2 N–H and O–H groups in total. The first-order valence-corrected chi connectivity index (χ1v) is 8.16. The molecule has 0 fully saturated rings. The third-order valence-electron chi connectivity index (χ3n) is 3.72. The topological polar surface area (TPSA) is 71.8 Å². The quantitative estimate of drug-likeness (QED) is 0.733. The van der Waals surface area contributed by atoms with Gasteiger partial charge in [-0.25, -0.2) is 9.67 Å². The molecule has 1 amide bonds. The largest absolute Gasteiger partial charge is 0.376 e. The molecule has 0 atom stereocenters. The maximum atomic E-state index is 12.3. The molecular formula is C18H18ClN5O. The predicted molar refractivity (Wildman–Crippen MR) is 99.4 cm³/mol. The second-order valence-corrected chi connectivity index (χ2v) is 6.16. The summed E-state index contributed by atoms with van der Waals surface area (Å²) in [4.78, 5) is 16.3. The Morgan fingerprint density at radius 3 is 2.72 bits per heavy atom. The van der Waals surface area contributed by atoms with Crippen molar-refractivity contribution in [2.75, 3.05) is 17.2 Å². The lowest BCUT2D eigenvalue weighted by molar-refractivity contribution is -0.114. The average molecular weight is 356 g/mol. The first-order chi connectivity index (χ1) is 12.0. The number of nitrogens with one attached hydrogen (secondary N) is 2. The highest BCUT2D eigenvalue weighted by Gasteiger charge is 2.10. The van der Waals surface area contributed by atoms with E-state index in [4.69, 9.17) is 11.6 Å². The highest BCUT2D eigenvalue weighted by atomic mass is 35.5. The van der Waals surface area contributed by atoms with Gasteiger partial charge in [0, 0.05) is 10.7 Å². The number of nitrogens with zero attached hydrogens (tertiary/aromatic N) is 3. The van der Waals surface area contributed by atoms with Gasteiger partial charge < -0.3 is 10.6 Å². The molecule has 0 aliphatic carbocycles. The molecule has 0 saturated heterocycles. The Morgan fingerprint density at radius 1 is 1.16 bits per heavy atom. The maximum absolute atomic E-state index is 12.3. The summed E-state index contributed by atoms with van der Waals surface area (Å²) in [6.07, 6.45) is 2.99. The standard InChI is InChI=1S/C18H18ClN5O/c1-12-3-5-15(13(2)7-12)21-9-18(25)23-16-8-14(19)4-6-17(16)24-11-20-10-22-24/h3-8,10-11,21H,9H2,1-2H3,(H,23,25). The molecule has 0 saturated carbocycles. The van der Waals surface area contributed by atoms with E-state index in [1.165, 1.54) is 11.9 Å². The van der Waals surface area contributed by atoms with E-state index in [-0.39, 0.29) is 12.5 Å². The highest BCUT2D eigenvalue weighted by molar-refractivity contribution is 6.31. The molecule has 7 heteroatoms. The molecule has 0 radical (unpaired) electrons. The van der Waals surface area contributed by atoms with Crippen LogP contribution in [0.5, 0.6) is 0 Å². The number of aromatic nitrogens is 3. The number of carbonyl (C=O) groups excluding carboxylic acids is 1. The fourth-order valence-electron chi connectivity index (χ4n) is 2.52. The molecule has 0 spiro atoms. The summed E-state index contributed by atoms with van der Waals surface area (Å²) in [7, 11) is 0. The van der Waals surface area contributed by atoms with E-state index in [1.807, 2.05) is 26.0 Å². The minimum atomic E-state index is -0.177. The van der Waals surface area contributed by atoms with E-state index in [2.05, 4.69) is 26.8 Å². The van der Waals surface area contributed by atoms with Crippen LogP contribution in [0.4, 0.5) is 11.4 Å². The van der Waals surface area contributed by atoms with Gasteiger partial charge in [-0.05, 0) is 43.7 Å². The van der Waals surface area contributed by atoms with Crippen LogP contribution in [0.25, 0.3) is 5.69 Å². The van der Waals surface area contributed by atoms with Crippen molar-refractivity contribution in [3.05, 3.63) is 65.2 Å². The van der Waals surface area contributed by atoms with Crippen molar-refractivity contribution in [1.82, 2.24) is 14.8 Å². The lowest BCUT2D eigenvalue weighted by Gasteiger charge is -2.13. The van der Waals surface area contributed by atoms with Crippen LogP contribution in [0, 0.1) is 13.8 Å². The molecule has 0 aliphatic heterocycles. The molecule has 1 aromatic heterocycles. The van der Waals surface area contributed by atoms with Crippen molar-refractivity contribution in [3.63, 3.8) is 0 Å². The summed E-state index contributed by atoms with van der Waals surface area (Å²) in [5.74, 6) is -0.177. The number of aryl methyl sites for hydroxylation is 2. The summed E-state index contributed by atoms with van der Waals surface area (Å²) >= 11 is 6.06. The summed E-state index contributed by atoms with van der Waals surface area (Å²) in [5, 5.41) is 10.6. The van der Waals surface area contributed by atoms with Gasteiger partial charge in [0.1, 0.15) is 12.7 Å². The number of carbonyl (C=O) groups is 1. The van der Waals surface area contributed by atoms with Crippen LogP contribution in [0.1, 0.15) is 11.1 Å². The molecule has 25 heavy (non-hydrogen) atoms. The smallest absolute Gasteiger partial charge is 0.243 e. The fourth-order valence-corrected chi connectivity index (χ4v) is 2.69. The third-order valence-corrected chi connectivity index (χ3v) is 3.95. The Hall–Kier alpha value is -2.86. The van der Waals surface area contributed by atoms with Gasteiger partial charge in [0.05, 0.1) is 17.9 Å². The van der Waals surface area contributed by atoms with Crippen LogP contribution in [-0.4, -0.2) is 27.2 Å². The Morgan fingerprint density at radius 2 is 2.00 bits per heavy atom. The van der Waals surface area contributed by atoms with Crippen molar-refractivity contribution < 1.29 is 4.79 Å². The molecule has 1 heterocycles. The Kier molecular flexibility index (Phi) is 5.00. The lowest BCUT2D eigenvalue weighted by atomic mass is 10.1. The van der Waals surface area contributed by atoms with Gasteiger partial charge in [-0.15, -0.1) is 0 Å². The van der Waals surface area contributed by atoms with Gasteiger partial charge in [-0.3, -0.25) is 4.79 Å². The van der Waals surface area contributed by atoms with Gasteiger partial charge >= 0.3 is 0 Å². The van der Waals surface area contributed by atoms with Crippen molar-refractivity contribution in [3.8, 4) is 5.69 Å². The van der Waals surface area contributed by atoms with E-state index in [9.17, 15) is 4.79 Å². The van der Waals surface area contributed by atoms with Gasteiger partial charge in [-0.2, -0.15) is 5.10 Å². The highest BCUT2D eigenvalue weighted by Crippen LogP contribution is 2.24. The number of benzene rings is 2. The molecule has 3 rings (SSSR count). The van der Waals surface area contributed by atoms with Gasteiger partial charge in [-0.1, -0.05) is 29.3 Å². The molecule has 128 valence electrons. The Labute approximate surface area is 150 Å². The molecule has 6 nitrogen and oxygen atoms in total. The van der Waals surface area contributed by atoms with Crippen molar-refractivity contribution in [2.45, 2.75) is 13.8 Å². The van der Waals surface area contributed by atoms with Crippen LogP contribution >= 0.6 is 11.6 Å². The average Bonchev–Trinajstić information content (AvgIpc) is 3.08. The van der Waals surface area contributed by atoms with Crippen LogP contribution in [0.2, 0.25) is 5.02 Å². The Bertz CT molecular complexity index is 892. The SMILES string of the molecule is Cc1ccc(NCC(=O)Nc2cc(Cl)ccc2-n2cncn2)c(C)c1. The monoisotopic (exact) mass is 355 g/mol. The fraction of sp³-hybridized carbons (Fsp3) is 0.167. The number of rotatable bonds is 5. The first-order valence-electron chi connectivity index (χ1n) is 7.78. The number of hydrogen-bond acceptors (Lipinski definition) is 4. The third kappa shape index (κ3) is 4.16. The van der Waals surface area contributed by atoms with Gasteiger partial charge in [0.15, 0.2) is 0 Å². The van der Waals surface area contributed by atoms with Gasteiger partial charge in [0.25, 0.3) is 0 Å². The number of anilines is 2. The predicted octanol–water partition coefficient (Wildman–Crippen LogP) is 3.59. The van der Waals surface area contributed by atoms with Crippen molar-refractivity contribution >= 4 is 28.9 Å². The number of hydrogen-bond donors (Lipinski definition) is 2. The summed E-state index contributed by atoms with van der Waals surface area (Å²) in [6.45, 7) is 4.19. The second-order valence-electron chi connectivity index (χ2n) is 5.72. The van der Waals surface area contributed by atoms with E-state index in [0.717, 1.165) is 11.3 Å². The normalized spacial score (nSPS) is 10.5. The van der Waals surface area contributed by atoms with Crippen LogP contribution < -0.4 is 10.6 Å². The zero-order chi connectivity index (χ0) is 17.8. The summed E-state index contributed by atoms with van der Waals surface area (Å²) in [5.41, 5.74) is 4.48. The summed E-state index contributed by atoms with van der Waals surface area (Å²) < 4.78 is 1.57. The van der Waals surface area contributed by atoms with Crippen LogP contribution in [-0.2, 0) is 4.79 Å². The number of amides is 1. The first kappa shape index (κ1) is 17.0. The second kappa shape index (κ2) is 7.36. The lowest BCUT2D eigenvalue weighted by Crippen LogP contribution is -2.23. The van der Waals surface area contributed by atoms with E-state index in [1.54, 1.807) is 29.2 Å². The maximum Gasteiger partial charge on any atom is 0.243 e. The molecule has 0 unspecified atom stereocenters. The Balaban J connectivity index is 1.72. The van der Waals surface area contributed by atoms with Crippen LogP contribution in [0.15, 0.2) is 49.1 Å². The zero-order valence-electron chi connectivity index (χ0n) is 14.0.